The maximum Gasteiger partial charge on any atom is 0.268 e. The zero-order chi connectivity index (χ0) is 16.1. The van der Waals surface area contributed by atoms with Crippen LogP contribution >= 0.6 is 0 Å². The van der Waals surface area contributed by atoms with Gasteiger partial charge in [0.1, 0.15) is 17.8 Å². The van der Waals surface area contributed by atoms with Gasteiger partial charge in [0.05, 0.1) is 13.2 Å². The summed E-state index contributed by atoms with van der Waals surface area (Å²) in [5, 5.41) is 6.91. The van der Waals surface area contributed by atoms with E-state index in [1.807, 2.05) is 13.8 Å². The van der Waals surface area contributed by atoms with Crippen LogP contribution in [0.25, 0.3) is 0 Å². The zero-order valence-corrected chi connectivity index (χ0v) is 12.8. The van der Waals surface area contributed by atoms with Gasteiger partial charge in [0.2, 0.25) is 5.43 Å². The number of methoxy groups -OCH3 is 1. The van der Waals surface area contributed by atoms with Crippen molar-refractivity contribution in [1.82, 2.24) is 25.1 Å². The van der Waals surface area contributed by atoms with E-state index in [0.29, 0.717) is 5.82 Å². The molecule has 0 bridgehead atoms. The number of carbonyl (C=O) groups is 1. The number of aromatic amines is 1. The van der Waals surface area contributed by atoms with Gasteiger partial charge < -0.3 is 15.0 Å². The number of aryl methyl sites for hydroxylation is 1. The molecule has 1 atom stereocenters. The molecule has 0 radical (unpaired) electrons. The normalized spacial score (nSPS) is 12.0. The summed E-state index contributed by atoms with van der Waals surface area (Å²) in [6, 6.07) is 0.879. The number of pyridine rings is 1. The van der Waals surface area contributed by atoms with Gasteiger partial charge in [0.25, 0.3) is 5.91 Å². The van der Waals surface area contributed by atoms with Crippen molar-refractivity contribution in [1.29, 1.82) is 0 Å². The van der Waals surface area contributed by atoms with Gasteiger partial charge in [-0.3, -0.25) is 9.59 Å². The van der Waals surface area contributed by atoms with Crippen LogP contribution in [-0.2, 0) is 6.54 Å². The van der Waals surface area contributed by atoms with Crippen molar-refractivity contribution in [2.45, 2.75) is 32.9 Å². The SMILES string of the molecule is CCCn1ncnc1C(C)NC(=O)c1cc(=O)c(OC)c[nH]1. The summed E-state index contributed by atoms with van der Waals surface area (Å²) in [6.45, 7) is 4.58. The number of rotatable bonds is 6. The van der Waals surface area contributed by atoms with Gasteiger partial charge >= 0.3 is 0 Å². The minimum atomic E-state index is -0.390. The number of hydrogen-bond donors (Lipinski definition) is 2. The first-order valence-electron chi connectivity index (χ1n) is 7.02. The number of amides is 1. The average molecular weight is 305 g/mol. The molecule has 118 valence electrons. The van der Waals surface area contributed by atoms with Crippen molar-refractivity contribution < 1.29 is 9.53 Å². The van der Waals surface area contributed by atoms with Gasteiger partial charge in [-0.25, -0.2) is 9.67 Å². The van der Waals surface area contributed by atoms with E-state index in [1.54, 1.807) is 4.68 Å². The lowest BCUT2D eigenvalue weighted by Crippen LogP contribution is -2.30. The molecule has 1 amide bonds. The Balaban J connectivity index is 2.12. The van der Waals surface area contributed by atoms with Crippen molar-refractivity contribution in [3.63, 3.8) is 0 Å². The maximum atomic E-state index is 12.2. The Hall–Kier alpha value is -2.64. The van der Waals surface area contributed by atoms with Crippen LogP contribution in [-0.4, -0.2) is 32.8 Å². The third kappa shape index (κ3) is 3.33. The first kappa shape index (κ1) is 15.7. The molecule has 8 nitrogen and oxygen atoms in total. The van der Waals surface area contributed by atoms with E-state index >= 15 is 0 Å². The molecule has 2 aromatic rings. The van der Waals surface area contributed by atoms with Crippen LogP contribution in [0.1, 0.15) is 42.6 Å². The van der Waals surface area contributed by atoms with E-state index in [2.05, 4.69) is 20.4 Å². The summed E-state index contributed by atoms with van der Waals surface area (Å²) in [7, 11) is 1.40. The molecule has 2 N–H and O–H groups in total. The quantitative estimate of drug-likeness (QED) is 0.824. The van der Waals surface area contributed by atoms with Crippen molar-refractivity contribution in [2.75, 3.05) is 7.11 Å². The highest BCUT2D eigenvalue weighted by Gasteiger charge is 2.17. The second kappa shape index (κ2) is 6.88. The van der Waals surface area contributed by atoms with Crippen molar-refractivity contribution >= 4 is 5.91 Å². The van der Waals surface area contributed by atoms with Crippen LogP contribution in [0.5, 0.6) is 5.75 Å². The second-order valence-electron chi connectivity index (χ2n) is 4.82. The third-order valence-electron chi connectivity index (χ3n) is 3.16. The average Bonchev–Trinajstić information content (AvgIpc) is 2.95. The molecule has 22 heavy (non-hydrogen) atoms. The molecule has 0 aliphatic heterocycles. The molecular formula is C14H19N5O3. The first-order valence-corrected chi connectivity index (χ1v) is 7.02. The monoisotopic (exact) mass is 305 g/mol. The summed E-state index contributed by atoms with van der Waals surface area (Å²) in [4.78, 5) is 30.8. The summed E-state index contributed by atoms with van der Waals surface area (Å²) in [5.41, 5.74) is -0.188. The van der Waals surface area contributed by atoms with Crippen molar-refractivity contribution in [3.05, 3.63) is 40.3 Å². The minimum absolute atomic E-state index is 0.160. The van der Waals surface area contributed by atoms with Crippen LogP contribution in [0.4, 0.5) is 0 Å². The highest BCUT2D eigenvalue weighted by atomic mass is 16.5. The fourth-order valence-corrected chi connectivity index (χ4v) is 2.08. The Labute approximate surface area is 127 Å². The Morgan fingerprint density at radius 1 is 1.55 bits per heavy atom. The standard InChI is InChI=1S/C14H19N5O3/c1-4-5-19-13(16-8-17-19)9(2)18-14(21)10-6-11(20)12(22-3)7-15-10/h6-9H,4-5H2,1-3H3,(H,15,20)(H,18,21). The zero-order valence-electron chi connectivity index (χ0n) is 12.8. The van der Waals surface area contributed by atoms with Crippen LogP contribution in [0, 0.1) is 0 Å². The molecule has 2 aromatic heterocycles. The molecule has 0 aliphatic rings. The van der Waals surface area contributed by atoms with Crippen LogP contribution in [0.15, 0.2) is 23.4 Å². The number of hydrogen-bond acceptors (Lipinski definition) is 5. The lowest BCUT2D eigenvalue weighted by molar-refractivity contribution is 0.0932. The van der Waals surface area contributed by atoms with E-state index in [9.17, 15) is 9.59 Å². The number of aromatic nitrogens is 4. The van der Waals surface area contributed by atoms with Crippen LogP contribution in [0.3, 0.4) is 0 Å². The Morgan fingerprint density at radius 3 is 2.95 bits per heavy atom. The fraction of sp³-hybridized carbons (Fsp3) is 0.429. The molecule has 0 spiro atoms. The smallest absolute Gasteiger partial charge is 0.268 e. The van der Waals surface area contributed by atoms with Crippen LogP contribution < -0.4 is 15.5 Å². The molecule has 8 heteroatoms. The molecule has 2 heterocycles. The van der Waals surface area contributed by atoms with E-state index in [1.165, 1.54) is 25.7 Å². The van der Waals surface area contributed by atoms with E-state index in [-0.39, 0.29) is 22.9 Å². The number of nitrogens with one attached hydrogen (secondary N) is 2. The molecule has 0 fully saturated rings. The largest absolute Gasteiger partial charge is 0.491 e. The molecule has 2 rings (SSSR count). The van der Waals surface area contributed by atoms with E-state index in [4.69, 9.17) is 4.74 Å². The van der Waals surface area contributed by atoms with Gasteiger partial charge in [-0.2, -0.15) is 5.10 Å². The molecule has 0 saturated heterocycles. The summed E-state index contributed by atoms with van der Waals surface area (Å²) in [6.07, 6.45) is 3.74. The lowest BCUT2D eigenvalue weighted by atomic mass is 10.2. The fourth-order valence-electron chi connectivity index (χ4n) is 2.08. The molecule has 0 aliphatic carbocycles. The van der Waals surface area contributed by atoms with E-state index < -0.39 is 5.91 Å². The highest BCUT2D eigenvalue weighted by molar-refractivity contribution is 5.92. The Kier molecular flexibility index (Phi) is 4.92. The third-order valence-corrected chi connectivity index (χ3v) is 3.16. The maximum absolute atomic E-state index is 12.2. The van der Waals surface area contributed by atoms with Gasteiger partial charge in [0, 0.05) is 18.8 Å². The van der Waals surface area contributed by atoms with Gasteiger partial charge in [-0.05, 0) is 13.3 Å². The predicted molar refractivity (Wildman–Crippen MR) is 79.8 cm³/mol. The first-order chi connectivity index (χ1) is 10.6. The molecule has 1 unspecified atom stereocenters. The van der Waals surface area contributed by atoms with Crippen molar-refractivity contribution in [3.8, 4) is 5.75 Å². The van der Waals surface area contributed by atoms with Crippen LogP contribution in [0.2, 0.25) is 0 Å². The summed E-state index contributed by atoms with van der Waals surface area (Å²) < 4.78 is 6.62. The molecule has 0 aromatic carbocycles. The number of carbonyl (C=O) groups excluding carboxylic acids is 1. The lowest BCUT2D eigenvalue weighted by Gasteiger charge is -2.14. The molecular weight excluding hydrogens is 286 g/mol. The summed E-state index contributed by atoms with van der Waals surface area (Å²) in [5.74, 6) is 0.441. The predicted octanol–water partition coefficient (Wildman–Crippen LogP) is 0.876. The van der Waals surface area contributed by atoms with Crippen molar-refractivity contribution in [2.24, 2.45) is 0 Å². The second-order valence-corrected chi connectivity index (χ2v) is 4.82. The Bertz CT molecular complexity index is 706. The Morgan fingerprint density at radius 2 is 2.32 bits per heavy atom. The number of nitrogens with zero attached hydrogens (tertiary/aromatic N) is 3. The number of ether oxygens (including phenoxy) is 1. The van der Waals surface area contributed by atoms with Gasteiger partial charge in [0.15, 0.2) is 5.75 Å². The van der Waals surface area contributed by atoms with Gasteiger partial charge in [-0.15, -0.1) is 0 Å². The minimum Gasteiger partial charge on any atom is -0.491 e. The van der Waals surface area contributed by atoms with Gasteiger partial charge in [-0.1, -0.05) is 6.92 Å². The molecule has 0 saturated carbocycles. The highest BCUT2D eigenvalue weighted by Crippen LogP contribution is 2.10. The number of H-pyrrole nitrogens is 1. The summed E-state index contributed by atoms with van der Waals surface area (Å²) >= 11 is 0. The van der Waals surface area contributed by atoms with E-state index in [0.717, 1.165) is 13.0 Å². The topological polar surface area (TPSA) is 102 Å².